The maximum Gasteiger partial charge on any atom is 0.0693 e. The van der Waals surface area contributed by atoms with Crippen molar-refractivity contribution >= 4 is 56.6 Å². The van der Waals surface area contributed by atoms with Gasteiger partial charge in [-0.25, -0.2) is 0 Å². The summed E-state index contributed by atoms with van der Waals surface area (Å²) in [5.41, 5.74) is 0.897. The normalized spacial score (nSPS) is 11.0. The zero-order valence-corrected chi connectivity index (χ0v) is 10.5. The Morgan fingerprint density at radius 3 is 2.85 bits per heavy atom. The van der Waals surface area contributed by atoms with E-state index in [1.54, 1.807) is 11.3 Å². The Kier molecular flexibility index (Phi) is 2.83. The Hall–Kier alpha value is 0.220. The maximum atomic E-state index is 9.04. The van der Waals surface area contributed by atoms with E-state index < -0.39 is 0 Å². The lowest BCUT2D eigenvalue weighted by Crippen LogP contribution is -1.83. The van der Waals surface area contributed by atoms with Crippen molar-refractivity contribution in [3.05, 3.63) is 26.6 Å². The van der Waals surface area contributed by atoms with Gasteiger partial charge in [0.2, 0.25) is 0 Å². The smallest absolute Gasteiger partial charge is 0.0693 e. The van der Waals surface area contributed by atoms with Crippen molar-refractivity contribution in [3.63, 3.8) is 0 Å². The van der Waals surface area contributed by atoms with E-state index in [-0.39, 0.29) is 6.61 Å². The summed E-state index contributed by atoms with van der Waals surface area (Å²) in [7, 11) is 0. The Bertz CT molecular complexity index is 450. The maximum absolute atomic E-state index is 9.04. The lowest BCUT2D eigenvalue weighted by atomic mass is 10.2. The van der Waals surface area contributed by atoms with E-state index in [9.17, 15) is 0 Å². The minimum atomic E-state index is 0.0588. The van der Waals surface area contributed by atoms with Crippen molar-refractivity contribution < 1.29 is 5.11 Å². The molecular weight excluding hydrogens is 315 g/mol. The lowest BCUT2D eigenvalue weighted by Gasteiger charge is -2.00. The molecule has 2 aromatic rings. The summed E-state index contributed by atoms with van der Waals surface area (Å²) in [6, 6.07) is 6.13. The van der Waals surface area contributed by atoms with Crippen molar-refractivity contribution in [2.45, 2.75) is 11.5 Å². The summed E-state index contributed by atoms with van der Waals surface area (Å²) < 4.78 is 2.47. The molecule has 0 radical (unpaired) electrons. The Balaban J connectivity index is 2.72. The number of fused-ring (bicyclic) bond motifs is 1. The van der Waals surface area contributed by atoms with Gasteiger partial charge >= 0.3 is 0 Å². The van der Waals surface area contributed by atoms with E-state index in [0.717, 1.165) is 10.5 Å². The van der Waals surface area contributed by atoms with Crippen molar-refractivity contribution in [3.8, 4) is 0 Å². The molecule has 1 aromatic carbocycles. The van der Waals surface area contributed by atoms with Gasteiger partial charge in [0.15, 0.2) is 0 Å². The molecule has 0 saturated heterocycles. The first-order valence-corrected chi connectivity index (χ1v) is 6.07. The molecule has 2 rings (SSSR count). The highest BCUT2D eigenvalue weighted by atomic mass is 127. The van der Waals surface area contributed by atoms with Gasteiger partial charge in [-0.3, -0.25) is 0 Å². The molecule has 0 amide bonds. The number of halogens is 1. The van der Waals surface area contributed by atoms with Crippen LogP contribution in [0.2, 0.25) is 0 Å². The highest BCUT2D eigenvalue weighted by molar-refractivity contribution is 14.1. The van der Waals surface area contributed by atoms with Gasteiger partial charge in [-0.05, 0) is 51.7 Å². The van der Waals surface area contributed by atoms with Crippen molar-refractivity contribution in [2.24, 2.45) is 0 Å². The quantitative estimate of drug-likeness (QED) is 0.610. The Morgan fingerprint density at radius 1 is 1.38 bits per heavy atom. The van der Waals surface area contributed by atoms with Crippen molar-refractivity contribution in [1.82, 2.24) is 0 Å². The summed E-state index contributed by atoms with van der Waals surface area (Å²) in [4.78, 5) is 0.865. The fourth-order valence-electron chi connectivity index (χ4n) is 1.21. The second-order valence-electron chi connectivity index (χ2n) is 2.73. The number of rotatable bonds is 1. The molecule has 0 bridgehead atoms. The molecule has 1 N–H and O–H groups in total. The van der Waals surface area contributed by atoms with Crippen molar-refractivity contribution in [1.29, 1.82) is 0 Å². The predicted molar refractivity (Wildman–Crippen MR) is 67.7 cm³/mol. The summed E-state index contributed by atoms with van der Waals surface area (Å²) >= 11 is 8.34. The molecule has 0 fully saturated rings. The van der Waals surface area contributed by atoms with Gasteiger partial charge in [0.05, 0.1) is 9.49 Å². The van der Waals surface area contributed by atoms with Crippen LogP contribution in [0.5, 0.6) is 0 Å². The van der Waals surface area contributed by atoms with Crippen LogP contribution in [-0.4, -0.2) is 5.11 Å². The molecule has 4 heteroatoms. The fourth-order valence-corrected chi connectivity index (χ4v) is 3.37. The number of benzene rings is 1. The number of thiol groups is 1. The van der Waals surface area contributed by atoms with Crippen LogP contribution in [0.25, 0.3) is 10.1 Å². The van der Waals surface area contributed by atoms with Crippen LogP contribution in [0.3, 0.4) is 0 Å². The zero-order chi connectivity index (χ0) is 9.42. The van der Waals surface area contributed by atoms with Crippen molar-refractivity contribution in [2.75, 3.05) is 0 Å². The van der Waals surface area contributed by atoms with E-state index in [1.807, 2.05) is 12.1 Å². The summed E-state index contributed by atoms with van der Waals surface area (Å²) in [6.07, 6.45) is 0. The molecule has 68 valence electrons. The molecule has 0 aliphatic rings. The van der Waals surface area contributed by atoms with E-state index in [4.69, 9.17) is 5.11 Å². The highest BCUT2D eigenvalue weighted by Gasteiger charge is 2.04. The Morgan fingerprint density at radius 2 is 2.15 bits per heavy atom. The Labute approximate surface area is 99.3 Å². The monoisotopic (exact) mass is 322 g/mol. The number of aliphatic hydroxyl groups is 1. The molecular formula is C9H7IOS2. The minimum absolute atomic E-state index is 0.0588. The summed E-state index contributed by atoms with van der Waals surface area (Å²) in [5.74, 6) is 0. The topological polar surface area (TPSA) is 20.2 Å². The van der Waals surface area contributed by atoms with Crippen LogP contribution in [0.1, 0.15) is 5.56 Å². The third-order valence-electron chi connectivity index (χ3n) is 1.86. The molecule has 1 aromatic heterocycles. The summed E-state index contributed by atoms with van der Waals surface area (Å²) in [5, 5.41) is 10.2. The van der Waals surface area contributed by atoms with Gasteiger partial charge in [0.25, 0.3) is 0 Å². The second kappa shape index (κ2) is 3.76. The standard InChI is InChI=1S/C9H7IOS2/c10-9-3-5-1-7(12)6(4-11)2-8(5)13-9/h1-3,11-12H,4H2. The molecule has 0 atom stereocenters. The molecule has 0 unspecified atom stereocenters. The first kappa shape index (κ1) is 9.76. The van der Waals surface area contributed by atoms with Gasteiger partial charge in [-0.1, -0.05) is 0 Å². The summed E-state index contributed by atoms with van der Waals surface area (Å²) in [6.45, 7) is 0.0588. The average Bonchev–Trinajstić information content (AvgIpc) is 2.42. The van der Waals surface area contributed by atoms with E-state index >= 15 is 0 Å². The lowest BCUT2D eigenvalue weighted by molar-refractivity contribution is 0.279. The van der Waals surface area contributed by atoms with Gasteiger partial charge in [-0.2, -0.15) is 0 Å². The van der Waals surface area contributed by atoms with Crippen LogP contribution in [0.15, 0.2) is 23.1 Å². The molecule has 0 spiro atoms. The molecule has 1 heterocycles. The van der Waals surface area contributed by atoms with Crippen LogP contribution in [0.4, 0.5) is 0 Å². The number of thiophene rings is 1. The largest absolute Gasteiger partial charge is 0.392 e. The van der Waals surface area contributed by atoms with Crippen LogP contribution in [-0.2, 0) is 6.61 Å². The third kappa shape index (κ3) is 1.86. The SMILES string of the molecule is OCc1cc2sc(I)cc2cc1S. The molecule has 0 aliphatic carbocycles. The molecule has 13 heavy (non-hydrogen) atoms. The van der Waals surface area contributed by atoms with Gasteiger partial charge in [0.1, 0.15) is 0 Å². The molecule has 0 aliphatic heterocycles. The van der Waals surface area contributed by atoms with Crippen LogP contribution >= 0.6 is 46.6 Å². The van der Waals surface area contributed by atoms with E-state index in [1.165, 1.54) is 13.0 Å². The number of hydrogen-bond donors (Lipinski definition) is 2. The third-order valence-corrected chi connectivity index (χ3v) is 4.13. The zero-order valence-electron chi connectivity index (χ0n) is 6.62. The second-order valence-corrected chi connectivity index (χ2v) is 6.19. The average molecular weight is 322 g/mol. The fraction of sp³-hybridized carbons (Fsp3) is 0.111. The van der Waals surface area contributed by atoms with Gasteiger partial charge in [0, 0.05) is 9.60 Å². The number of hydrogen-bond acceptors (Lipinski definition) is 3. The van der Waals surface area contributed by atoms with Gasteiger partial charge < -0.3 is 5.11 Å². The first-order valence-electron chi connectivity index (χ1n) is 3.72. The van der Waals surface area contributed by atoms with E-state index in [0.29, 0.717) is 0 Å². The predicted octanol–water partition coefficient (Wildman–Crippen LogP) is 3.29. The van der Waals surface area contributed by atoms with Crippen LogP contribution in [0, 0.1) is 2.88 Å². The molecule has 1 nitrogen and oxygen atoms in total. The van der Waals surface area contributed by atoms with Gasteiger partial charge in [-0.15, -0.1) is 24.0 Å². The van der Waals surface area contributed by atoms with E-state index in [2.05, 4.69) is 41.3 Å². The molecule has 0 saturated carbocycles. The number of aliphatic hydroxyl groups excluding tert-OH is 1. The van der Waals surface area contributed by atoms with Crippen LogP contribution < -0.4 is 0 Å². The minimum Gasteiger partial charge on any atom is -0.392 e. The highest BCUT2D eigenvalue weighted by Crippen LogP contribution is 2.30. The first-order chi connectivity index (χ1) is 6.20.